The average molecular weight is 261 g/mol. The lowest BCUT2D eigenvalue weighted by Gasteiger charge is -2.28. The Morgan fingerprint density at radius 2 is 2.11 bits per heavy atom. The first-order valence-electron chi connectivity index (χ1n) is 7.01. The second-order valence-electron chi connectivity index (χ2n) is 5.15. The van der Waals surface area contributed by atoms with Gasteiger partial charge in [-0.3, -0.25) is 0 Å². The molecule has 0 aromatic heterocycles. The van der Waals surface area contributed by atoms with Gasteiger partial charge in [-0.15, -0.1) is 0 Å². The van der Waals surface area contributed by atoms with Crippen molar-refractivity contribution in [2.24, 2.45) is 0 Å². The summed E-state index contributed by atoms with van der Waals surface area (Å²) in [4.78, 5) is 15.8. The van der Waals surface area contributed by atoms with Crippen LogP contribution < -0.4 is 5.32 Å². The molecule has 1 N–H and O–H groups in total. The number of hydrogen-bond donors (Lipinski definition) is 1. The second kappa shape index (κ2) is 7.14. The average Bonchev–Trinajstić information content (AvgIpc) is 2.42. The van der Waals surface area contributed by atoms with Crippen LogP contribution in [0.15, 0.2) is 30.3 Å². The van der Waals surface area contributed by atoms with E-state index in [1.165, 1.54) is 5.56 Å². The molecule has 19 heavy (non-hydrogen) atoms. The van der Waals surface area contributed by atoms with Crippen LogP contribution in [0.5, 0.6) is 0 Å². The van der Waals surface area contributed by atoms with Gasteiger partial charge in [0.25, 0.3) is 0 Å². The van der Waals surface area contributed by atoms with Gasteiger partial charge in [-0.05, 0) is 32.0 Å². The molecule has 2 rings (SSSR count). The van der Waals surface area contributed by atoms with Gasteiger partial charge in [0.15, 0.2) is 0 Å². The summed E-state index contributed by atoms with van der Waals surface area (Å²) in [5.74, 6) is 0. The van der Waals surface area contributed by atoms with Gasteiger partial charge in [-0.1, -0.05) is 30.3 Å². The zero-order valence-corrected chi connectivity index (χ0v) is 11.6. The van der Waals surface area contributed by atoms with Crippen molar-refractivity contribution in [1.82, 2.24) is 15.1 Å². The van der Waals surface area contributed by atoms with E-state index in [0.717, 1.165) is 45.6 Å². The number of benzene rings is 1. The van der Waals surface area contributed by atoms with Crippen molar-refractivity contribution >= 4 is 6.03 Å². The van der Waals surface area contributed by atoms with Gasteiger partial charge in [0.2, 0.25) is 0 Å². The van der Waals surface area contributed by atoms with Crippen molar-refractivity contribution in [2.45, 2.75) is 19.4 Å². The molecule has 0 spiro atoms. The standard InChI is InChI=1S/C15H23N3O/c1-17(13-14-7-3-2-4-8-14)10-6-12-18-11-5-9-16-15(18)19/h2-4,7-8H,5-6,9-13H2,1H3,(H,16,19). The van der Waals surface area contributed by atoms with Gasteiger partial charge < -0.3 is 15.1 Å². The summed E-state index contributed by atoms with van der Waals surface area (Å²) in [5.41, 5.74) is 1.33. The molecule has 1 aliphatic heterocycles. The summed E-state index contributed by atoms with van der Waals surface area (Å²) in [6, 6.07) is 10.6. The summed E-state index contributed by atoms with van der Waals surface area (Å²) < 4.78 is 0. The highest BCUT2D eigenvalue weighted by molar-refractivity contribution is 5.74. The predicted octanol–water partition coefficient (Wildman–Crippen LogP) is 1.92. The molecule has 1 aromatic rings. The molecule has 0 atom stereocenters. The molecule has 1 heterocycles. The summed E-state index contributed by atoms with van der Waals surface area (Å²) >= 11 is 0. The normalized spacial score (nSPS) is 15.7. The van der Waals surface area contributed by atoms with Crippen LogP contribution in [0.1, 0.15) is 18.4 Å². The Labute approximate surface area is 115 Å². The van der Waals surface area contributed by atoms with Crippen molar-refractivity contribution in [3.05, 3.63) is 35.9 Å². The van der Waals surface area contributed by atoms with Crippen molar-refractivity contribution in [3.8, 4) is 0 Å². The summed E-state index contributed by atoms with van der Waals surface area (Å²) in [7, 11) is 2.13. The number of carbonyl (C=O) groups excluding carboxylic acids is 1. The largest absolute Gasteiger partial charge is 0.338 e. The number of rotatable bonds is 6. The van der Waals surface area contributed by atoms with E-state index in [9.17, 15) is 4.79 Å². The van der Waals surface area contributed by atoms with Crippen molar-refractivity contribution < 1.29 is 4.79 Å². The molecule has 4 heteroatoms. The highest BCUT2D eigenvalue weighted by Crippen LogP contribution is 2.04. The topological polar surface area (TPSA) is 35.6 Å². The van der Waals surface area contributed by atoms with Crippen LogP contribution in [0.2, 0.25) is 0 Å². The van der Waals surface area contributed by atoms with E-state index in [2.05, 4.69) is 41.5 Å². The lowest BCUT2D eigenvalue weighted by Crippen LogP contribution is -2.47. The first-order valence-corrected chi connectivity index (χ1v) is 7.01. The quantitative estimate of drug-likeness (QED) is 0.849. The van der Waals surface area contributed by atoms with Gasteiger partial charge in [0, 0.05) is 26.2 Å². The number of nitrogens with zero attached hydrogens (tertiary/aromatic N) is 2. The summed E-state index contributed by atoms with van der Waals surface area (Å²) in [6.07, 6.45) is 2.09. The minimum atomic E-state index is 0.0944. The second-order valence-corrected chi connectivity index (χ2v) is 5.15. The fraction of sp³-hybridized carbons (Fsp3) is 0.533. The van der Waals surface area contributed by atoms with Crippen LogP contribution in [0.3, 0.4) is 0 Å². The Morgan fingerprint density at radius 1 is 1.32 bits per heavy atom. The molecule has 0 aliphatic carbocycles. The molecule has 4 nitrogen and oxygen atoms in total. The van der Waals surface area contributed by atoms with E-state index in [1.807, 2.05) is 11.0 Å². The lowest BCUT2D eigenvalue weighted by atomic mass is 10.2. The zero-order valence-electron chi connectivity index (χ0n) is 11.6. The maximum atomic E-state index is 11.6. The van der Waals surface area contributed by atoms with E-state index in [4.69, 9.17) is 0 Å². The van der Waals surface area contributed by atoms with Gasteiger partial charge in [0.05, 0.1) is 0 Å². The van der Waals surface area contributed by atoms with E-state index < -0.39 is 0 Å². The van der Waals surface area contributed by atoms with Gasteiger partial charge in [0.1, 0.15) is 0 Å². The smallest absolute Gasteiger partial charge is 0.317 e. The zero-order chi connectivity index (χ0) is 13.5. The molecular formula is C15H23N3O. The van der Waals surface area contributed by atoms with E-state index >= 15 is 0 Å². The Morgan fingerprint density at radius 3 is 2.84 bits per heavy atom. The minimum Gasteiger partial charge on any atom is -0.338 e. The van der Waals surface area contributed by atoms with E-state index in [1.54, 1.807) is 0 Å². The Balaban J connectivity index is 1.66. The number of amides is 2. The monoisotopic (exact) mass is 261 g/mol. The third-order valence-corrected chi connectivity index (χ3v) is 3.43. The highest BCUT2D eigenvalue weighted by atomic mass is 16.2. The van der Waals surface area contributed by atoms with Gasteiger partial charge in [-0.2, -0.15) is 0 Å². The Bertz CT molecular complexity index is 394. The lowest BCUT2D eigenvalue weighted by molar-refractivity contribution is 0.181. The molecule has 1 aliphatic rings. The molecule has 0 radical (unpaired) electrons. The maximum absolute atomic E-state index is 11.6. The Hall–Kier alpha value is -1.55. The molecule has 104 valence electrons. The number of carbonyl (C=O) groups is 1. The fourth-order valence-electron chi connectivity index (χ4n) is 2.40. The van der Waals surface area contributed by atoms with Crippen LogP contribution >= 0.6 is 0 Å². The van der Waals surface area contributed by atoms with Crippen LogP contribution in [0.25, 0.3) is 0 Å². The minimum absolute atomic E-state index is 0.0944. The van der Waals surface area contributed by atoms with E-state index in [0.29, 0.717) is 0 Å². The molecule has 0 saturated carbocycles. The molecule has 1 fully saturated rings. The third kappa shape index (κ3) is 4.56. The van der Waals surface area contributed by atoms with Crippen LogP contribution in [-0.4, -0.2) is 49.1 Å². The highest BCUT2D eigenvalue weighted by Gasteiger charge is 2.16. The molecular weight excluding hydrogens is 238 g/mol. The van der Waals surface area contributed by atoms with Crippen molar-refractivity contribution in [2.75, 3.05) is 33.2 Å². The fourth-order valence-corrected chi connectivity index (χ4v) is 2.40. The van der Waals surface area contributed by atoms with Crippen molar-refractivity contribution in [3.63, 3.8) is 0 Å². The van der Waals surface area contributed by atoms with Gasteiger partial charge >= 0.3 is 6.03 Å². The number of nitrogens with one attached hydrogen (secondary N) is 1. The first kappa shape index (κ1) is 13.9. The number of hydrogen-bond acceptors (Lipinski definition) is 2. The molecule has 2 amide bonds. The predicted molar refractivity (Wildman–Crippen MR) is 77.0 cm³/mol. The van der Waals surface area contributed by atoms with Crippen LogP contribution in [-0.2, 0) is 6.54 Å². The molecule has 0 bridgehead atoms. The van der Waals surface area contributed by atoms with Crippen LogP contribution in [0, 0.1) is 0 Å². The van der Waals surface area contributed by atoms with Crippen LogP contribution in [0.4, 0.5) is 4.79 Å². The summed E-state index contributed by atoms with van der Waals surface area (Å²) in [5, 5.41) is 2.88. The first-order chi connectivity index (χ1) is 9.25. The third-order valence-electron chi connectivity index (χ3n) is 3.43. The maximum Gasteiger partial charge on any atom is 0.317 e. The Kier molecular flexibility index (Phi) is 5.21. The van der Waals surface area contributed by atoms with Gasteiger partial charge in [-0.25, -0.2) is 4.79 Å². The molecule has 0 unspecified atom stereocenters. The summed E-state index contributed by atoms with van der Waals surface area (Å²) in [6.45, 7) is 4.55. The molecule has 1 saturated heterocycles. The number of urea groups is 1. The SMILES string of the molecule is CN(CCCN1CCCNC1=O)Cc1ccccc1. The van der Waals surface area contributed by atoms with Crippen molar-refractivity contribution in [1.29, 1.82) is 0 Å². The van der Waals surface area contributed by atoms with E-state index in [-0.39, 0.29) is 6.03 Å². The molecule has 1 aromatic carbocycles.